The summed E-state index contributed by atoms with van der Waals surface area (Å²) in [5.41, 5.74) is 6.69. The Morgan fingerprint density at radius 1 is 0.833 bits per heavy atom. The van der Waals surface area contributed by atoms with Crippen LogP contribution < -0.4 is 16.2 Å². The lowest BCUT2D eigenvalue weighted by Crippen LogP contribution is -2.40. The second kappa shape index (κ2) is 8.61. The van der Waals surface area contributed by atoms with Crippen molar-refractivity contribution in [1.29, 1.82) is 0 Å². The summed E-state index contributed by atoms with van der Waals surface area (Å²) in [6.07, 6.45) is 4.95. The Kier molecular flexibility index (Phi) is 5.57. The van der Waals surface area contributed by atoms with E-state index in [0.717, 1.165) is 29.2 Å². The number of nitrogens with one attached hydrogen (secondary N) is 3. The highest BCUT2D eigenvalue weighted by molar-refractivity contribution is 6.00. The molecular formula is C24H21N3O3. The fourth-order valence-corrected chi connectivity index (χ4v) is 3.09. The minimum Gasteiger partial charge on any atom is -0.326 e. The highest BCUT2D eigenvalue weighted by Gasteiger charge is 2.29. The Labute approximate surface area is 173 Å². The summed E-state index contributed by atoms with van der Waals surface area (Å²) in [4.78, 5) is 36.0. The van der Waals surface area contributed by atoms with E-state index in [1.54, 1.807) is 30.3 Å². The normalized spacial score (nSPS) is 13.2. The molecule has 0 aliphatic heterocycles. The molecule has 0 bridgehead atoms. The number of rotatable bonds is 5. The average molecular weight is 399 g/mol. The Morgan fingerprint density at radius 3 is 2.33 bits per heavy atom. The van der Waals surface area contributed by atoms with Crippen LogP contribution in [-0.4, -0.2) is 17.7 Å². The molecule has 6 nitrogen and oxygen atoms in total. The molecule has 0 atom stereocenters. The SMILES string of the molecule is O=C(/C=C/c1cccc2ccccc12)NNC(=O)c1ccc(NC(=O)C2CC2)cc1. The van der Waals surface area contributed by atoms with E-state index in [-0.39, 0.29) is 11.8 Å². The summed E-state index contributed by atoms with van der Waals surface area (Å²) in [5.74, 6) is -0.755. The predicted molar refractivity (Wildman–Crippen MR) is 116 cm³/mol. The van der Waals surface area contributed by atoms with E-state index in [1.807, 2.05) is 42.5 Å². The number of carbonyl (C=O) groups excluding carboxylic acids is 3. The second-order valence-electron chi connectivity index (χ2n) is 7.19. The zero-order chi connectivity index (χ0) is 20.9. The first-order chi connectivity index (χ1) is 14.6. The molecule has 0 aromatic heterocycles. The lowest BCUT2D eigenvalue weighted by Gasteiger charge is -2.07. The number of hydrazine groups is 1. The van der Waals surface area contributed by atoms with Crippen LogP contribution in [0, 0.1) is 5.92 Å². The summed E-state index contributed by atoms with van der Waals surface area (Å²) in [7, 11) is 0. The number of anilines is 1. The molecule has 0 heterocycles. The van der Waals surface area contributed by atoms with Gasteiger partial charge < -0.3 is 5.32 Å². The number of hydrogen-bond donors (Lipinski definition) is 3. The van der Waals surface area contributed by atoms with Gasteiger partial charge in [-0.3, -0.25) is 25.2 Å². The number of carbonyl (C=O) groups is 3. The minimum absolute atomic E-state index is 0.0115. The zero-order valence-corrected chi connectivity index (χ0v) is 16.2. The van der Waals surface area contributed by atoms with Crippen LogP contribution in [0.4, 0.5) is 5.69 Å². The van der Waals surface area contributed by atoms with Gasteiger partial charge in [0.1, 0.15) is 0 Å². The van der Waals surface area contributed by atoms with Gasteiger partial charge in [-0.2, -0.15) is 0 Å². The maximum absolute atomic E-state index is 12.2. The second-order valence-corrected chi connectivity index (χ2v) is 7.19. The first kappa shape index (κ1) is 19.4. The Balaban J connectivity index is 1.31. The summed E-state index contributed by atoms with van der Waals surface area (Å²) in [5, 5.41) is 4.95. The highest BCUT2D eigenvalue weighted by atomic mass is 16.2. The lowest BCUT2D eigenvalue weighted by molar-refractivity contribution is -0.118. The van der Waals surface area contributed by atoms with E-state index in [4.69, 9.17) is 0 Å². The van der Waals surface area contributed by atoms with Crippen LogP contribution in [0.25, 0.3) is 16.8 Å². The van der Waals surface area contributed by atoms with Crippen LogP contribution in [0.5, 0.6) is 0 Å². The topological polar surface area (TPSA) is 87.3 Å². The van der Waals surface area contributed by atoms with Gasteiger partial charge in [-0.25, -0.2) is 0 Å². The maximum Gasteiger partial charge on any atom is 0.269 e. The standard InChI is InChI=1S/C24H21N3O3/c28-22(15-12-17-6-3-5-16-4-1-2-7-21(16)17)26-27-24(30)19-10-13-20(14-11-19)25-23(29)18-8-9-18/h1-7,10-15,18H,8-9H2,(H,25,29)(H,26,28)(H,27,30)/b15-12+. The third kappa shape index (κ3) is 4.72. The Hall–Kier alpha value is -3.93. The molecule has 0 radical (unpaired) electrons. The molecule has 3 amide bonds. The molecule has 1 fully saturated rings. The summed E-state index contributed by atoms with van der Waals surface area (Å²) >= 11 is 0. The number of hydrogen-bond acceptors (Lipinski definition) is 3. The fraction of sp³-hybridized carbons (Fsp3) is 0.125. The molecule has 150 valence electrons. The van der Waals surface area contributed by atoms with Gasteiger partial charge in [0.25, 0.3) is 11.8 Å². The van der Waals surface area contributed by atoms with Gasteiger partial charge in [-0.15, -0.1) is 0 Å². The van der Waals surface area contributed by atoms with Gasteiger partial charge in [0.15, 0.2) is 0 Å². The monoisotopic (exact) mass is 399 g/mol. The van der Waals surface area contributed by atoms with Crippen molar-refractivity contribution >= 4 is 40.3 Å². The van der Waals surface area contributed by atoms with Gasteiger partial charge in [-0.05, 0) is 59.5 Å². The third-order valence-electron chi connectivity index (χ3n) is 4.90. The summed E-state index contributed by atoms with van der Waals surface area (Å²) < 4.78 is 0. The van der Waals surface area contributed by atoms with Gasteiger partial charge in [0, 0.05) is 23.2 Å². The first-order valence-electron chi connectivity index (χ1n) is 9.77. The lowest BCUT2D eigenvalue weighted by atomic mass is 10.0. The molecule has 4 rings (SSSR count). The summed E-state index contributed by atoms with van der Waals surface area (Å²) in [6, 6.07) is 20.3. The van der Waals surface area contributed by atoms with Crippen molar-refractivity contribution in [3.8, 4) is 0 Å². The van der Waals surface area contributed by atoms with Gasteiger partial charge in [-0.1, -0.05) is 42.5 Å². The zero-order valence-electron chi connectivity index (χ0n) is 16.2. The van der Waals surface area contributed by atoms with Crippen molar-refractivity contribution in [2.45, 2.75) is 12.8 Å². The average Bonchev–Trinajstić information content (AvgIpc) is 3.62. The Bertz CT molecular complexity index is 1130. The van der Waals surface area contributed by atoms with Gasteiger partial charge >= 0.3 is 0 Å². The molecule has 1 aliphatic rings. The number of benzene rings is 3. The van der Waals surface area contributed by atoms with Crippen molar-refractivity contribution in [1.82, 2.24) is 10.9 Å². The van der Waals surface area contributed by atoms with Crippen molar-refractivity contribution in [3.63, 3.8) is 0 Å². The quantitative estimate of drug-likeness (QED) is 0.452. The van der Waals surface area contributed by atoms with Crippen molar-refractivity contribution < 1.29 is 14.4 Å². The van der Waals surface area contributed by atoms with E-state index in [1.165, 1.54) is 6.08 Å². The molecule has 0 unspecified atom stereocenters. The largest absolute Gasteiger partial charge is 0.326 e. The molecule has 3 aromatic carbocycles. The van der Waals surface area contributed by atoms with Crippen LogP contribution in [0.2, 0.25) is 0 Å². The van der Waals surface area contributed by atoms with Crippen LogP contribution in [0.15, 0.2) is 72.8 Å². The van der Waals surface area contributed by atoms with E-state index >= 15 is 0 Å². The molecule has 1 aliphatic carbocycles. The van der Waals surface area contributed by atoms with Crippen LogP contribution in [-0.2, 0) is 9.59 Å². The molecule has 1 saturated carbocycles. The van der Waals surface area contributed by atoms with Crippen molar-refractivity contribution in [2.24, 2.45) is 5.92 Å². The molecular weight excluding hydrogens is 378 g/mol. The Morgan fingerprint density at radius 2 is 1.57 bits per heavy atom. The molecule has 3 aromatic rings. The molecule has 30 heavy (non-hydrogen) atoms. The van der Waals surface area contributed by atoms with E-state index < -0.39 is 11.8 Å². The van der Waals surface area contributed by atoms with Gasteiger partial charge in [0.05, 0.1) is 0 Å². The fourth-order valence-electron chi connectivity index (χ4n) is 3.09. The minimum atomic E-state index is -0.443. The smallest absolute Gasteiger partial charge is 0.269 e. The third-order valence-corrected chi connectivity index (χ3v) is 4.90. The maximum atomic E-state index is 12.2. The number of amides is 3. The van der Waals surface area contributed by atoms with Crippen LogP contribution in [0.1, 0.15) is 28.8 Å². The van der Waals surface area contributed by atoms with Crippen molar-refractivity contribution in [2.75, 3.05) is 5.32 Å². The summed E-state index contributed by atoms with van der Waals surface area (Å²) in [6.45, 7) is 0. The van der Waals surface area contributed by atoms with E-state index in [0.29, 0.717) is 11.3 Å². The highest BCUT2D eigenvalue weighted by Crippen LogP contribution is 2.30. The predicted octanol–water partition coefficient (Wildman–Crippen LogP) is 3.66. The first-order valence-corrected chi connectivity index (χ1v) is 9.77. The van der Waals surface area contributed by atoms with Crippen molar-refractivity contribution in [3.05, 3.63) is 83.9 Å². The molecule has 3 N–H and O–H groups in total. The molecule has 0 saturated heterocycles. The number of fused-ring (bicyclic) bond motifs is 1. The molecule has 6 heteroatoms. The van der Waals surface area contributed by atoms with Crippen LogP contribution in [0.3, 0.4) is 0 Å². The van der Waals surface area contributed by atoms with Crippen LogP contribution >= 0.6 is 0 Å². The molecule has 0 spiro atoms. The van der Waals surface area contributed by atoms with E-state index in [9.17, 15) is 14.4 Å². The van der Waals surface area contributed by atoms with Gasteiger partial charge in [0.2, 0.25) is 5.91 Å². The van der Waals surface area contributed by atoms with E-state index in [2.05, 4.69) is 16.2 Å².